The first-order valence-corrected chi connectivity index (χ1v) is 6.73. The van der Waals surface area contributed by atoms with Crippen molar-refractivity contribution in [2.45, 2.75) is 0 Å². The van der Waals surface area contributed by atoms with Crippen LogP contribution in [0.15, 0.2) is 30.5 Å². The fourth-order valence-corrected chi connectivity index (χ4v) is 2.17. The summed E-state index contributed by atoms with van der Waals surface area (Å²) in [5, 5.41) is 14.2. The third-order valence-electron chi connectivity index (χ3n) is 3.19. The van der Waals surface area contributed by atoms with Crippen LogP contribution in [-0.2, 0) is 0 Å². The number of rotatable bonds is 5. The van der Waals surface area contributed by atoms with Crippen molar-refractivity contribution in [3.63, 3.8) is 0 Å². The molecule has 2 heterocycles. The number of nitrogens with one attached hydrogen (secondary N) is 3. The lowest BCUT2D eigenvalue weighted by molar-refractivity contribution is 0.822. The van der Waals surface area contributed by atoms with Gasteiger partial charge < -0.3 is 16.4 Å². The van der Waals surface area contributed by atoms with Crippen LogP contribution in [0, 0.1) is 0 Å². The molecule has 0 radical (unpaired) electrons. The van der Waals surface area contributed by atoms with Crippen LogP contribution in [0.3, 0.4) is 0 Å². The van der Waals surface area contributed by atoms with Crippen LogP contribution >= 0.6 is 0 Å². The molecular formula is C14H17N7. The fourth-order valence-electron chi connectivity index (χ4n) is 2.17. The van der Waals surface area contributed by atoms with Crippen LogP contribution in [0.1, 0.15) is 0 Å². The molecule has 0 spiro atoms. The normalized spacial score (nSPS) is 10.9. The summed E-state index contributed by atoms with van der Waals surface area (Å²) >= 11 is 0. The smallest absolute Gasteiger partial charge is 0.222 e. The lowest BCUT2D eigenvalue weighted by Gasteiger charge is -2.10. The molecule has 0 aliphatic rings. The Labute approximate surface area is 122 Å². The molecule has 3 aromatic rings. The van der Waals surface area contributed by atoms with E-state index in [0.717, 1.165) is 41.1 Å². The lowest BCUT2D eigenvalue weighted by atomic mass is 10.1. The molecule has 108 valence electrons. The van der Waals surface area contributed by atoms with E-state index in [-0.39, 0.29) is 5.95 Å². The summed E-state index contributed by atoms with van der Waals surface area (Å²) in [6.07, 6.45) is 1.72. The Morgan fingerprint density at radius 2 is 2.10 bits per heavy atom. The monoisotopic (exact) mass is 283 g/mol. The van der Waals surface area contributed by atoms with Gasteiger partial charge in [0, 0.05) is 30.2 Å². The molecule has 0 aliphatic heterocycles. The van der Waals surface area contributed by atoms with Crippen molar-refractivity contribution in [3.8, 4) is 11.3 Å². The molecule has 0 atom stereocenters. The Balaban J connectivity index is 2.01. The SMILES string of the molecule is CNCCNc1nc(N)nc2cc(-c3ccn[nH]3)ccc12. The second-order valence-electron chi connectivity index (χ2n) is 4.66. The van der Waals surface area contributed by atoms with E-state index in [1.165, 1.54) is 0 Å². The number of nitrogens with two attached hydrogens (primary N) is 1. The van der Waals surface area contributed by atoms with Crippen LogP contribution in [0.25, 0.3) is 22.2 Å². The Hall–Kier alpha value is -2.67. The third kappa shape index (κ3) is 2.77. The highest BCUT2D eigenvalue weighted by Crippen LogP contribution is 2.26. The van der Waals surface area contributed by atoms with Gasteiger partial charge in [-0.3, -0.25) is 5.10 Å². The molecule has 0 aliphatic carbocycles. The van der Waals surface area contributed by atoms with Crippen molar-refractivity contribution in [2.75, 3.05) is 31.2 Å². The zero-order valence-electron chi connectivity index (χ0n) is 11.7. The zero-order valence-corrected chi connectivity index (χ0v) is 11.7. The molecule has 0 saturated carbocycles. The van der Waals surface area contributed by atoms with Gasteiger partial charge in [-0.25, -0.2) is 4.98 Å². The van der Waals surface area contributed by atoms with Gasteiger partial charge in [-0.1, -0.05) is 6.07 Å². The van der Waals surface area contributed by atoms with Gasteiger partial charge in [0.05, 0.1) is 11.2 Å². The minimum atomic E-state index is 0.260. The second kappa shape index (κ2) is 5.76. The van der Waals surface area contributed by atoms with E-state index < -0.39 is 0 Å². The lowest BCUT2D eigenvalue weighted by Crippen LogP contribution is -2.18. The summed E-state index contributed by atoms with van der Waals surface area (Å²) in [6.45, 7) is 1.61. The maximum atomic E-state index is 5.80. The highest BCUT2D eigenvalue weighted by atomic mass is 15.1. The van der Waals surface area contributed by atoms with Crippen LogP contribution in [0.4, 0.5) is 11.8 Å². The predicted molar refractivity (Wildman–Crippen MR) is 83.9 cm³/mol. The summed E-state index contributed by atoms with van der Waals surface area (Å²) in [5.41, 5.74) is 8.56. The number of fused-ring (bicyclic) bond motifs is 1. The summed E-state index contributed by atoms with van der Waals surface area (Å²) < 4.78 is 0. The van der Waals surface area contributed by atoms with Crippen molar-refractivity contribution in [3.05, 3.63) is 30.5 Å². The first-order valence-electron chi connectivity index (χ1n) is 6.73. The topological polar surface area (TPSA) is 105 Å². The summed E-state index contributed by atoms with van der Waals surface area (Å²) in [6, 6.07) is 7.90. The average molecular weight is 283 g/mol. The Bertz CT molecular complexity index is 736. The van der Waals surface area contributed by atoms with Crippen molar-refractivity contribution in [1.29, 1.82) is 0 Å². The first-order chi connectivity index (χ1) is 10.3. The molecule has 3 rings (SSSR count). The molecule has 0 bridgehead atoms. The molecule has 7 nitrogen and oxygen atoms in total. The molecule has 0 unspecified atom stereocenters. The minimum Gasteiger partial charge on any atom is -0.368 e. The van der Waals surface area contributed by atoms with E-state index in [0.29, 0.717) is 0 Å². The van der Waals surface area contributed by atoms with Gasteiger partial charge in [-0.15, -0.1) is 0 Å². The largest absolute Gasteiger partial charge is 0.368 e. The molecule has 0 fully saturated rings. The molecule has 21 heavy (non-hydrogen) atoms. The number of hydrogen-bond donors (Lipinski definition) is 4. The summed E-state index contributed by atoms with van der Waals surface area (Å²) in [5.74, 6) is 1.01. The Morgan fingerprint density at radius 3 is 2.86 bits per heavy atom. The number of aromatic amines is 1. The summed E-state index contributed by atoms with van der Waals surface area (Å²) in [7, 11) is 1.91. The molecule has 0 saturated heterocycles. The van der Waals surface area contributed by atoms with Crippen LogP contribution in [0.5, 0.6) is 0 Å². The van der Waals surface area contributed by atoms with Crippen molar-refractivity contribution >= 4 is 22.7 Å². The number of nitrogen functional groups attached to an aromatic ring is 1. The van der Waals surface area contributed by atoms with Gasteiger partial charge in [0.15, 0.2) is 0 Å². The number of H-pyrrole nitrogens is 1. The number of benzene rings is 1. The molecule has 2 aromatic heterocycles. The van der Waals surface area contributed by atoms with Crippen molar-refractivity contribution in [2.24, 2.45) is 0 Å². The Morgan fingerprint density at radius 1 is 1.19 bits per heavy atom. The van der Waals surface area contributed by atoms with E-state index in [9.17, 15) is 0 Å². The number of hydrogen-bond acceptors (Lipinski definition) is 6. The van der Waals surface area contributed by atoms with E-state index in [4.69, 9.17) is 5.73 Å². The maximum Gasteiger partial charge on any atom is 0.222 e. The van der Waals surface area contributed by atoms with Crippen LogP contribution in [0.2, 0.25) is 0 Å². The number of nitrogens with zero attached hydrogens (tertiary/aromatic N) is 3. The number of likely N-dealkylation sites (N-methyl/N-ethyl adjacent to an activating group) is 1. The van der Waals surface area contributed by atoms with Crippen molar-refractivity contribution < 1.29 is 0 Å². The van der Waals surface area contributed by atoms with Crippen molar-refractivity contribution in [1.82, 2.24) is 25.5 Å². The third-order valence-corrected chi connectivity index (χ3v) is 3.19. The maximum absolute atomic E-state index is 5.80. The van der Waals surface area contributed by atoms with E-state index in [1.807, 2.05) is 31.3 Å². The number of aromatic nitrogens is 4. The average Bonchev–Trinajstić information content (AvgIpc) is 3.01. The number of anilines is 2. The van der Waals surface area contributed by atoms with E-state index in [1.54, 1.807) is 6.20 Å². The molecule has 5 N–H and O–H groups in total. The van der Waals surface area contributed by atoms with Gasteiger partial charge in [0.2, 0.25) is 5.95 Å². The van der Waals surface area contributed by atoms with Gasteiger partial charge in [0.25, 0.3) is 0 Å². The highest BCUT2D eigenvalue weighted by Gasteiger charge is 2.08. The molecular weight excluding hydrogens is 266 g/mol. The van der Waals surface area contributed by atoms with E-state index >= 15 is 0 Å². The first kappa shape index (κ1) is 13.3. The standard InChI is InChI=1S/C14H17N7/c1-16-6-7-17-13-10-3-2-9(11-4-5-18-21-11)8-12(10)19-14(15)20-13/h2-5,8,16H,6-7H2,1H3,(H,18,21)(H3,15,17,19,20). The molecule has 7 heteroatoms. The molecule has 0 amide bonds. The zero-order chi connectivity index (χ0) is 14.7. The van der Waals surface area contributed by atoms with E-state index in [2.05, 4.69) is 30.8 Å². The van der Waals surface area contributed by atoms with Crippen LogP contribution in [-0.4, -0.2) is 40.3 Å². The Kier molecular flexibility index (Phi) is 3.65. The fraction of sp³-hybridized carbons (Fsp3) is 0.214. The molecule has 1 aromatic carbocycles. The highest BCUT2D eigenvalue weighted by molar-refractivity contribution is 5.92. The quantitative estimate of drug-likeness (QED) is 0.525. The van der Waals surface area contributed by atoms with Crippen LogP contribution < -0.4 is 16.4 Å². The summed E-state index contributed by atoms with van der Waals surface area (Å²) in [4.78, 5) is 8.58. The predicted octanol–water partition coefficient (Wildman–Crippen LogP) is 1.23. The van der Waals surface area contributed by atoms with Gasteiger partial charge in [-0.2, -0.15) is 10.1 Å². The minimum absolute atomic E-state index is 0.260. The van der Waals surface area contributed by atoms with Gasteiger partial charge in [-0.05, 0) is 25.2 Å². The second-order valence-corrected chi connectivity index (χ2v) is 4.66. The van der Waals surface area contributed by atoms with Gasteiger partial charge in [0.1, 0.15) is 5.82 Å². The van der Waals surface area contributed by atoms with Gasteiger partial charge >= 0.3 is 0 Å².